The van der Waals surface area contributed by atoms with Crippen molar-refractivity contribution >= 4 is 34.1 Å². The first-order valence-electron chi connectivity index (χ1n) is 15.0. The minimum atomic E-state index is -1.68. The number of carbonyl (C=O) groups excluding carboxylic acids is 2. The Hall–Kier alpha value is -6.48. The van der Waals surface area contributed by atoms with Crippen molar-refractivity contribution in [2.24, 2.45) is 0 Å². The lowest BCUT2D eigenvalue weighted by Crippen LogP contribution is -2.55. The zero-order chi connectivity index (χ0) is 33.9. The van der Waals surface area contributed by atoms with Crippen molar-refractivity contribution in [1.29, 1.82) is 0 Å². The van der Waals surface area contributed by atoms with Gasteiger partial charge in [0.2, 0.25) is 0 Å². The third-order valence-corrected chi connectivity index (χ3v) is 8.90. The van der Waals surface area contributed by atoms with Gasteiger partial charge >= 0.3 is 23.3 Å². The maximum Gasteiger partial charge on any atom is 0.346 e. The third kappa shape index (κ3) is 5.17. The van der Waals surface area contributed by atoms with Crippen molar-refractivity contribution in [3.05, 3.63) is 200 Å². The molecule has 0 fully saturated rings. The molecule has 6 rings (SSSR count). The molecule has 1 unspecified atom stereocenters. The predicted octanol–water partition coefficient (Wildman–Crippen LogP) is 8.33. The fourth-order valence-electron chi connectivity index (χ4n) is 6.75. The molecule has 6 aromatic rings. The smallest absolute Gasteiger partial charge is 0.346 e. The van der Waals surface area contributed by atoms with Crippen molar-refractivity contribution in [1.82, 2.24) is 0 Å². The van der Waals surface area contributed by atoms with Gasteiger partial charge in [0, 0.05) is 12.1 Å². The molecule has 0 bridgehead atoms. The van der Waals surface area contributed by atoms with Gasteiger partial charge in [0.05, 0.1) is 20.8 Å². The highest BCUT2D eigenvalue weighted by atomic mass is 16.6. The second-order valence-electron chi connectivity index (χ2n) is 11.4. The Morgan fingerprint density at radius 1 is 0.583 bits per heavy atom. The molecule has 0 saturated heterocycles. The average Bonchev–Trinajstić information content (AvgIpc) is 3.12. The van der Waals surface area contributed by atoms with Gasteiger partial charge in [0.1, 0.15) is 5.41 Å². The lowest BCUT2D eigenvalue weighted by molar-refractivity contribution is -0.422. The first kappa shape index (κ1) is 31.5. The van der Waals surface area contributed by atoms with E-state index < -0.39 is 44.0 Å². The fourth-order valence-corrected chi connectivity index (χ4v) is 6.75. The summed E-state index contributed by atoms with van der Waals surface area (Å²) >= 11 is 0. The number of nitro groups is 2. The molecule has 0 heterocycles. The van der Waals surface area contributed by atoms with Gasteiger partial charge in [-0.15, -0.1) is 0 Å². The second kappa shape index (κ2) is 12.7. The molecule has 0 saturated carbocycles. The molecule has 0 aliphatic rings. The molecule has 0 spiro atoms. The van der Waals surface area contributed by atoms with Crippen LogP contribution in [0.15, 0.2) is 152 Å². The van der Waals surface area contributed by atoms with E-state index in [-0.39, 0.29) is 5.56 Å². The number of nitrogens with zero attached hydrogens (tertiary/aromatic N) is 2. The number of rotatable bonds is 9. The summed E-state index contributed by atoms with van der Waals surface area (Å²) in [5.41, 5.74) is -2.25. The number of ether oxygens (including phenoxy) is 1. The normalized spacial score (nSPS) is 12.5. The lowest BCUT2D eigenvalue weighted by atomic mass is 9.51. The Bertz CT molecular complexity index is 2070. The quantitative estimate of drug-likeness (QED) is 0.0513. The monoisotopic (exact) mass is 636 g/mol. The highest BCUT2D eigenvalue weighted by Crippen LogP contribution is 2.55. The summed E-state index contributed by atoms with van der Waals surface area (Å²) < 4.78 is 5.74. The van der Waals surface area contributed by atoms with Gasteiger partial charge in [0.15, 0.2) is 0 Å². The Morgan fingerprint density at radius 3 is 1.58 bits per heavy atom. The van der Waals surface area contributed by atoms with Crippen LogP contribution in [0.25, 0.3) is 10.8 Å². The van der Waals surface area contributed by atoms with Crippen LogP contribution in [0.1, 0.15) is 39.5 Å². The molecule has 6 aromatic carbocycles. The van der Waals surface area contributed by atoms with E-state index in [1.807, 2.05) is 133 Å². The minimum absolute atomic E-state index is 0.384. The number of hydrogen-bond acceptors (Lipinski definition) is 7. The van der Waals surface area contributed by atoms with Gasteiger partial charge in [-0.3, -0.25) is 25.0 Å². The second-order valence-corrected chi connectivity index (χ2v) is 11.4. The van der Waals surface area contributed by atoms with Crippen molar-refractivity contribution < 1.29 is 24.2 Å². The Labute approximate surface area is 275 Å². The largest absolute Gasteiger partial charge is 0.389 e. The zero-order valence-electron chi connectivity index (χ0n) is 25.7. The zero-order valence-corrected chi connectivity index (χ0v) is 25.7. The van der Waals surface area contributed by atoms with Crippen LogP contribution in [-0.4, -0.2) is 21.8 Å². The van der Waals surface area contributed by atoms with E-state index in [1.165, 1.54) is 0 Å². The van der Waals surface area contributed by atoms with E-state index in [1.54, 1.807) is 6.92 Å². The van der Waals surface area contributed by atoms with Gasteiger partial charge in [-0.25, -0.2) is 4.79 Å². The van der Waals surface area contributed by atoms with Crippen LogP contribution >= 0.6 is 0 Å². The summed E-state index contributed by atoms with van der Waals surface area (Å²) in [4.78, 5) is 50.2. The van der Waals surface area contributed by atoms with Gasteiger partial charge < -0.3 is 4.74 Å². The number of benzene rings is 6. The van der Waals surface area contributed by atoms with Crippen LogP contribution in [0.5, 0.6) is 0 Å². The van der Waals surface area contributed by atoms with Crippen LogP contribution in [0.2, 0.25) is 0 Å². The Balaban J connectivity index is 1.67. The molecule has 9 heteroatoms. The predicted molar refractivity (Wildman–Crippen MR) is 181 cm³/mol. The third-order valence-electron chi connectivity index (χ3n) is 8.90. The number of esters is 2. The SMILES string of the molecule is CC(C(=O)OC(=O)c1ccc([N+](=O)[O-])c([N+](=O)[O-])c1)(c1cccc2ccccc12)C(c1ccccc1)(c1ccccc1)c1ccccc1. The standard InChI is InChI=1S/C39H28N2O7/c1-38(33-23-13-15-27-14-11-12-22-32(27)33,37(43)48-36(42)28-24-25-34(40(44)45)35(26-28)41(46)47)39(29-16-5-2-6-17-29,30-18-7-3-8-19-30)31-20-9-4-10-21-31/h2-26H,1H3. The lowest BCUT2D eigenvalue weighted by Gasteiger charge is -2.49. The van der Waals surface area contributed by atoms with Crippen LogP contribution in [0, 0.1) is 20.2 Å². The fraction of sp³-hybridized carbons (Fsp3) is 0.0769. The van der Waals surface area contributed by atoms with E-state index in [4.69, 9.17) is 4.74 Å². The number of nitro benzene ring substituents is 2. The van der Waals surface area contributed by atoms with Gasteiger partial charge in [0.25, 0.3) is 0 Å². The topological polar surface area (TPSA) is 130 Å². The molecule has 0 aliphatic heterocycles. The highest BCUT2D eigenvalue weighted by Gasteiger charge is 2.59. The molecule has 236 valence electrons. The summed E-state index contributed by atoms with van der Waals surface area (Å²) in [5.74, 6) is -2.12. The summed E-state index contributed by atoms with van der Waals surface area (Å²) in [5, 5.41) is 24.7. The first-order chi connectivity index (χ1) is 23.2. The van der Waals surface area contributed by atoms with Crippen molar-refractivity contribution in [2.75, 3.05) is 0 Å². The van der Waals surface area contributed by atoms with Crippen LogP contribution in [-0.2, 0) is 20.4 Å². The van der Waals surface area contributed by atoms with Crippen LogP contribution in [0.3, 0.4) is 0 Å². The highest BCUT2D eigenvalue weighted by molar-refractivity contribution is 6.04. The maximum atomic E-state index is 15.2. The van der Waals surface area contributed by atoms with Crippen LogP contribution < -0.4 is 0 Å². The molecular formula is C39H28N2O7. The summed E-state index contributed by atoms with van der Waals surface area (Å²) in [6, 6.07) is 44.4. The van der Waals surface area contributed by atoms with Crippen molar-refractivity contribution in [3.8, 4) is 0 Å². The number of carbonyl (C=O) groups is 2. The average molecular weight is 637 g/mol. The molecule has 1 atom stereocenters. The van der Waals surface area contributed by atoms with Gasteiger partial charge in [-0.05, 0) is 46.0 Å². The summed E-state index contributed by atoms with van der Waals surface area (Å²) in [6.45, 7) is 1.75. The maximum absolute atomic E-state index is 15.2. The molecule has 48 heavy (non-hydrogen) atoms. The summed E-state index contributed by atoms with van der Waals surface area (Å²) in [6.07, 6.45) is 0. The van der Waals surface area contributed by atoms with E-state index in [0.717, 1.165) is 45.7 Å². The molecule has 9 nitrogen and oxygen atoms in total. The Kier molecular flexibility index (Phi) is 8.35. The Morgan fingerprint density at radius 2 is 1.06 bits per heavy atom. The molecule has 0 amide bonds. The van der Waals surface area contributed by atoms with E-state index in [2.05, 4.69) is 0 Å². The van der Waals surface area contributed by atoms with E-state index >= 15 is 4.79 Å². The summed E-state index contributed by atoms with van der Waals surface area (Å²) in [7, 11) is 0. The number of hydrogen-bond donors (Lipinski definition) is 0. The van der Waals surface area contributed by atoms with Gasteiger partial charge in [-0.1, -0.05) is 133 Å². The van der Waals surface area contributed by atoms with E-state index in [9.17, 15) is 25.0 Å². The van der Waals surface area contributed by atoms with Gasteiger partial charge in [-0.2, -0.15) is 0 Å². The van der Waals surface area contributed by atoms with Crippen molar-refractivity contribution in [3.63, 3.8) is 0 Å². The molecule has 0 radical (unpaired) electrons. The molecule has 0 aliphatic carbocycles. The first-order valence-corrected chi connectivity index (χ1v) is 15.0. The van der Waals surface area contributed by atoms with Crippen molar-refractivity contribution in [2.45, 2.75) is 17.8 Å². The number of fused-ring (bicyclic) bond motifs is 1. The van der Waals surface area contributed by atoms with Crippen LogP contribution in [0.4, 0.5) is 11.4 Å². The molecule has 0 aromatic heterocycles. The molecular weight excluding hydrogens is 608 g/mol. The van der Waals surface area contributed by atoms with E-state index in [0.29, 0.717) is 5.56 Å². The molecule has 0 N–H and O–H groups in total. The minimum Gasteiger partial charge on any atom is -0.389 e.